The van der Waals surface area contributed by atoms with Crippen LogP contribution in [0.1, 0.15) is 23.2 Å². The molecule has 1 aliphatic rings. The Balaban J connectivity index is 0.00000300. The summed E-state index contributed by atoms with van der Waals surface area (Å²) >= 11 is 0. The van der Waals surface area contributed by atoms with Gasteiger partial charge in [-0.1, -0.05) is 18.2 Å². The Morgan fingerprint density at radius 2 is 1.86 bits per heavy atom. The van der Waals surface area contributed by atoms with Crippen LogP contribution in [-0.2, 0) is 0 Å². The minimum atomic E-state index is -0.122. The van der Waals surface area contributed by atoms with E-state index in [1.807, 2.05) is 30.3 Å². The van der Waals surface area contributed by atoms with Crippen LogP contribution in [0.2, 0.25) is 0 Å². The maximum absolute atomic E-state index is 12.0. The smallest absolute Gasteiger partial charge is 0.252 e. The molecule has 29 heavy (non-hydrogen) atoms. The number of para-hydroxylation sites is 1. The van der Waals surface area contributed by atoms with Crippen LogP contribution in [-0.4, -0.2) is 61.1 Å². The molecule has 3 rings (SSSR count). The summed E-state index contributed by atoms with van der Waals surface area (Å²) in [6.45, 7) is 2.90. The molecule has 1 amide bonds. The molecule has 8 heteroatoms. The number of amides is 1. The third kappa shape index (κ3) is 7.19. The van der Waals surface area contributed by atoms with E-state index in [1.54, 1.807) is 31.6 Å². The van der Waals surface area contributed by atoms with Gasteiger partial charge in [-0.15, -0.1) is 24.0 Å². The monoisotopic (exact) mass is 509 g/mol. The fourth-order valence-electron chi connectivity index (χ4n) is 3.16. The first-order chi connectivity index (χ1) is 13.8. The molecule has 0 aliphatic carbocycles. The topological polar surface area (TPSA) is 78.8 Å². The van der Waals surface area contributed by atoms with Crippen molar-refractivity contribution in [1.29, 1.82) is 0 Å². The van der Waals surface area contributed by atoms with Gasteiger partial charge in [0.05, 0.1) is 5.56 Å². The third-order valence-corrected chi connectivity index (χ3v) is 4.62. The lowest BCUT2D eigenvalue weighted by Crippen LogP contribution is -2.48. The standard InChI is InChI=1S/C21H27N5O2.HI/c1-22-21(25-13-12-24-20(27)17-6-5-11-23-16-17)26-14-9-19(10-15-26)28-18-7-3-2-4-8-18;/h2-8,11,16,19H,9-10,12-15H2,1H3,(H,22,25)(H,24,27);1H. The molecule has 7 nitrogen and oxygen atoms in total. The number of carbonyl (C=O) groups is 1. The highest BCUT2D eigenvalue weighted by molar-refractivity contribution is 14.0. The first-order valence-electron chi connectivity index (χ1n) is 9.62. The van der Waals surface area contributed by atoms with Gasteiger partial charge in [0.1, 0.15) is 11.9 Å². The van der Waals surface area contributed by atoms with Gasteiger partial charge in [-0.2, -0.15) is 0 Å². The average Bonchev–Trinajstić information content (AvgIpc) is 2.76. The van der Waals surface area contributed by atoms with E-state index in [4.69, 9.17) is 4.74 Å². The van der Waals surface area contributed by atoms with E-state index in [1.165, 1.54) is 0 Å². The molecule has 2 aromatic rings. The zero-order valence-electron chi connectivity index (χ0n) is 16.6. The Bertz CT molecular complexity index is 765. The molecule has 0 saturated carbocycles. The van der Waals surface area contributed by atoms with Crippen molar-refractivity contribution in [2.45, 2.75) is 18.9 Å². The Morgan fingerprint density at radius 1 is 1.14 bits per heavy atom. The van der Waals surface area contributed by atoms with Crippen molar-refractivity contribution in [3.8, 4) is 5.75 Å². The number of nitrogens with zero attached hydrogens (tertiary/aromatic N) is 3. The van der Waals surface area contributed by atoms with E-state index >= 15 is 0 Å². The summed E-state index contributed by atoms with van der Waals surface area (Å²) in [7, 11) is 1.78. The number of guanidine groups is 1. The minimum Gasteiger partial charge on any atom is -0.490 e. The number of piperidine rings is 1. The van der Waals surface area contributed by atoms with Crippen molar-refractivity contribution in [1.82, 2.24) is 20.5 Å². The minimum absolute atomic E-state index is 0. The van der Waals surface area contributed by atoms with Crippen LogP contribution < -0.4 is 15.4 Å². The lowest BCUT2D eigenvalue weighted by Gasteiger charge is -2.34. The van der Waals surface area contributed by atoms with Gasteiger partial charge in [0.2, 0.25) is 0 Å². The number of pyridine rings is 1. The Morgan fingerprint density at radius 3 is 2.52 bits per heavy atom. The largest absolute Gasteiger partial charge is 0.490 e. The summed E-state index contributed by atoms with van der Waals surface area (Å²) in [5.74, 6) is 1.66. The zero-order valence-corrected chi connectivity index (χ0v) is 18.9. The molecule has 0 spiro atoms. The van der Waals surface area contributed by atoms with E-state index in [9.17, 15) is 4.79 Å². The normalized spacial score (nSPS) is 14.7. The molecule has 0 atom stereocenters. The van der Waals surface area contributed by atoms with E-state index < -0.39 is 0 Å². The molecule has 0 unspecified atom stereocenters. The number of hydrogen-bond donors (Lipinski definition) is 2. The molecule has 0 radical (unpaired) electrons. The predicted molar refractivity (Wildman–Crippen MR) is 125 cm³/mol. The van der Waals surface area contributed by atoms with Crippen molar-refractivity contribution in [3.63, 3.8) is 0 Å². The molecular formula is C21H28IN5O2. The summed E-state index contributed by atoms with van der Waals surface area (Å²) < 4.78 is 6.04. The van der Waals surface area contributed by atoms with Crippen LogP contribution in [0.4, 0.5) is 0 Å². The quantitative estimate of drug-likeness (QED) is 0.271. The summed E-state index contributed by atoms with van der Waals surface area (Å²) in [4.78, 5) is 22.6. The van der Waals surface area contributed by atoms with Gasteiger partial charge in [-0.3, -0.25) is 14.8 Å². The highest BCUT2D eigenvalue weighted by Crippen LogP contribution is 2.18. The number of aliphatic imine (C=N–C) groups is 1. The number of hydrogen-bond acceptors (Lipinski definition) is 4. The van der Waals surface area contributed by atoms with Gasteiger partial charge in [0.25, 0.3) is 5.91 Å². The number of ether oxygens (including phenoxy) is 1. The van der Waals surface area contributed by atoms with E-state index in [0.717, 1.165) is 37.6 Å². The Kier molecular flexibility index (Phi) is 9.69. The van der Waals surface area contributed by atoms with Gasteiger partial charge in [0, 0.05) is 58.5 Å². The summed E-state index contributed by atoms with van der Waals surface area (Å²) in [5, 5.41) is 6.20. The molecule has 1 aromatic heterocycles. The van der Waals surface area contributed by atoms with Gasteiger partial charge in [-0.05, 0) is 24.3 Å². The van der Waals surface area contributed by atoms with E-state index in [0.29, 0.717) is 18.7 Å². The summed E-state index contributed by atoms with van der Waals surface area (Å²) in [5.41, 5.74) is 0.562. The molecule has 156 valence electrons. The van der Waals surface area contributed by atoms with Gasteiger partial charge in [0.15, 0.2) is 5.96 Å². The van der Waals surface area contributed by atoms with Crippen molar-refractivity contribution in [3.05, 3.63) is 60.4 Å². The van der Waals surface area contributed by atoms with Gasteiger partial charge >= 0.3 is 0 Å². The number of carbonyl (C=O) groups excluding carboxylic acids is 1. The van der Waals surface area contributed by atoms with Gasteiger partial charge < -0.3 is 20.3 Å². The fraction of sp³-hybridized carbons (Fsp3) is 0.381. The van der Waals surface area contributed by atoms with Crippen LogP contribution in [0.25, 0.3) is 0 Å². The van der Waals surface area contributed by atoms with Crippen molar-refractivity contribution in [2.24, 2.45) is 4.99 Å². The molecule has 0 bridgehead atoms. The molecule has 1 saturated heterocycles. The second-order valence-corrected chi connectivity index (χ2v) is 6.59. The maximum atomic E-state index is 12.0. The highest BCUT2D eigenvalue weighted by Gasteiger charge is 2.22. The second kappa shape index (κ2) is 12.3. The Hall–Kier alpha value is -2.36. The van der Waals surface area contributed by atoms with Crippen molar-refractivity contribution >= 4 is 35.8 Å². The first kappa shape index (κ1) is 22.9. The number of nitrogens with one attached hydrogen (secondary N) is 2. The number of benzene rings is 1. The van der Waals surface area contributed by atoms with E-state index in [2.05, 4.69) is 25.5 Å². The molecule has 2 heterocycles. The number of rotatable bonds is 6. The van der Waals surface area contributed by atoms with E-state index in [-0.39, 0.29) is 36.0 Å². The highest BCUT2D eigenvalue weighted by atomic mass is 127. The average molecular weight is 509 g/mol. The second-order valence-electron chi connectivity index (χ2n) is 6.59. The number of likely N-dealkylation sites (tertiary alicyclic amines) is 1. The van der Waals surface area contributed by atoms with Crippen LogP contribution in [0.5, 0.6) is 5.75 Å². The molecule has 1 aliphatic heterocycles. The molecule has 2 N–H and O–H groups in total. The molecular weight excluding hydrogens is 481 g/mol. The number of halogens is 1. The van der Waals surface area contributed by atoms with Crippen LogP contribution in [0.3, 0.4) is 0 Å². The van der Waals surface area contributed by atoms with Crippen molar-refractivity contribution < 1.29 is 9.53 Å². The Labute approximate surface area is 189 Å². The SMILES string of the molecule is CN=C(NCCNC(=O)c1cccnc1)N1CCC(Oc2ccccc2)CC1.I. The fourth-order valence-corrected chi connectivity index (χ4v) is 3.16. The lowest BCUT2D eigenvalue weighted by atomic mass is 10.1. The van der Waals surface area contributed by atoms with Crippen LogP contribution in [0.15, 0.2) is 59.9 Å². The molecule has 1 fully saturated rings. The first-order valence-corrected chi connectivity index (χ1v) is 9.62. The molecule has 1 aromatic carbocycles. The maximum Gasteiger partial charge on any atom is 0.252 e. The number of aromatic nitrogens is 1. The van der Waals surface area contributed by atoms with Gasteiger partial charge in [-0.25, -0.2) is 0 Å². The third-order valence-electron chi connectivity index (χ3n) is 4.62. The van der Waals surface area contributed by atoms with Crippen molar-refractivity contribution in [2.75, 3.05) is 33.2 Å². The zero-order chi connectivity index (χ0) is 19.6. The van der Waals surface area contributed by atoms with Crippen LogP contribution >= 0.6 is 24.0 Å². The predicted octanol–water partition coefficient (Wildman–Crippen LogP) is 2.55. The lowest BCUT2D eigenvalue weighted by molar-refractivity contribution is 0.0953. The van der Waals surface area contributed by atoms with Crippen LogP contribution in [0, 0.1) is 0 Å². The summed E-state index contributed by atoms with van der Waals surface area (Å²) in [6.07, 6.45) is 5.34. The summed E-state index contributed by atoms with van der Waals surface area (Å²) in [6, 6.07) is 13.5.